The van der Waals surface area contributed by atoms with Gasteiger partial charge in [0.15, 0.2) is 5.96 Å². The Balaban J connectivity index is 0.00000364. The molecular weight excluding hydrogens is 479 g/mol. The average Bonchev–Trinajstić information content (AvgIpc) is 3.12. The topological polar surface area (TPSA) is 61.1 Å². The second kappa shape index (κ2) is 11.9. The number of nitrogens with one attached hydrogen (secondary N) is 1. The molecule has 2 rings (SSSR count). The Labute approximate surface area is 182 Å². The lowest BCUT2D eigenvalue weighted by Crippen LogP contribution is -2.40. The zero-order valence-corrected chi connectivity index (χ0v) is 18.9. The van der Waals surface area contributed by atoms with Crippen molar-refractivity contribution in [3.63, 3.8) is 0 Å². The average molecular weight is 505 g/mol. The molecule has 148 valence electrons. The largest absolute Gasteiger partial charge is 0.469 e. The molecule has 0 radical (unpaired) electrons. The van der Waals surface area contributed by atoms with Crippen LogP contribution in [0.2, 0.25) is 5.02 Å². The highest BCUT2D eigenvalue weighted by molar-refractivity contribution is 14.0. The van der Waals surface area contributed by atoms with Gasteiger partial charge in [-0.25, -0.2) is 4.99 Å². The van der Waals surface area contributed by atoms with Crippen molar-refractivity contribution in [2.75, 3.05) is 34.2 Å². The first kappa shape index (κ1) is 23.3. The second-order valence-corrected chi connectivity index (χ2v) is 6.54. The van der Waals surface area contributed by atoms with Crippen LogP contribution < -0.4 is 5.32 Å². The van der Waals surface area contributed by atoms with Gasteiger partial charge in [-0.15, -0.1) is 24.0 Å². The fourth-order valence-electron chi connectivity index (χ4n) is 2.30. The quantitative estimate of drug-likeness (QED) is 0.357. The fourth-order valence-corrected chi connectivity index (χ4v) is 2.50. The number of carbonyl (C=O) groups is 1. The molecule has 0 saturated heterocycles. The van der Waals surface area contributed by atoms with E-state index < -0.39 is 0 Å². The van der Waals surface area contributed by atoms with Gasteiger partial charge in [-0.3, -0.25) is 4.79 Å². The van der Waals surface area contributed by atoms with E-state index in [0.717, 1.165) is 17.7 Å². The first-order valence-electron chi connectivity index (χ1n) is 8.42. The van der Waals surface area contributed by atoms with Gasteiger partial charge in [-0.05, 0) is 23.8 Å². The van der Waals surface area contributed by atoms with Crippen LogP contribution in [0.1, 0.15) is 11.3 Å². The normalized spacial score (nSPS) is 10.9. The number of carbonyl (C=O) groups excluding carboxylic acids is 1. The van der Waals surface area contributed by atoms with Crippen LogP contribution in [0.4, 0.5) is 0 Å². The Bertz CT molecular complexity index is 735. The van der Waals surface area contributed by atoms with Gasteiger partial charge in [0, 0.05) is 45.7 Å². The number of amides is 1. The Morgan fingerprint density at radius 2 is 1.93 bits per heavy atom. The molecule has 0 aliphatic heterocycles. The van der Waals surface area contributed by atoms with E-state index in [1.807, 2.05) is 48.3 Å². The predicted molar refractivity (Wildman–Crippen MR) is 120 cm³/mol. The number of furan rings is 1. The molecule has 0 aliphatic carbocycles. The van der Waals surface area contributed by atoms with Crippen molar-refractivity contribution in [2.24, 2.45) is 4.99 Å². The summed E-state index contributed by atoms with van der Waals surface area (Å²) in [6.07, 6.45) is 2.39. The summed E-state index contributed by atoms with van der Waals surface area (Å²) in [7, 11) is 5.35. The molecule has 1 aromatic heterocycles. The van der Waals surface area contributed by atoms with Gasteiger partial charge in [-0.1, -0.05) is 29.8 Å². The number of halogens is 2. The Morgan fingerprint density at radius 3 is 2.56 bits per heavy atom. The van der Waals surface area contributed by atoms with Crippen LogP contribution in [-0.2, 0) is 17.8 Å². The summed E-state index contributed by atoms with van der Waals surface area (Å²) in [6, 6.07) is 11.5. The van der Waals surface area contributed by atoms with Crippen LogP contribution in [0.3, 0.4) is 0 Å². The third kappa shape index (κ3) is 7.80. The van der Waals surface area contributed by atoms with Crippen molar-refractivity contribution >= 4 is 47.4 Å². The van der Waals surface area contributed by atoms with E-state index in [1.165, 1.54) is 4.90 Å². The van der Waals surface area contributed by atoms with Crippen LogP contribution >= 0.6 is 35.6 Å². The lowest BCUT2D eigenvalue weighted by molar-refractivity contribution is -0.127. The lowest BCUT2D eigenvalue weighted by Gasteiger charge is -2.23. The van der Waals surface area contributed by atoms with Crippen molar-refractivity contribution in [1.29, 1.82) is 0 Å². The highest BCUT2D eigenvalue weighted by atomic mass is 127. The number of hydrogen-bond acceptors (Lipinski definition) is 3. The minimum absolute atomic E-state index is 0. The fraction of sp³-hybridized carbons (Fsp3) is 0.368. The van der Waals surface area contributed by atoms with E-state index in [0.29, 0.717) is 24.1 Å². The number of hydrogen-bond donors (Lipinski definition) is 1. The van der Waals surface area contributed by atoms with Gasteiger partial charge in [0.2, 0.25) is 5.91 Å². The summed E-state index contributed by atoms with van der Waals surface area (Å²) in [6.45, 7) is 1.32. The third-order valence-corrected chi connectivity index (χ3v) is 4.19. The smallest absolute Gasteiger partial charge is 0.243 e. The van der Waals surface area contributed by atoms with Crippen LogP contribution in [0.25, 0.3) is 0 Å². The molecular formula is C19H26ClIN4O2. The minimum Gasteiger partial charge on any atom is -0.469 e. The second-order valence-electron chi connectivity index (χ2n) is 6.13. The molecule has 0 fully saturated rings. The molecule has 0 unspecified atom stereocenters. The summed E-state index contributed by atoms with van der Waals surface area (Å²) in [5.74, 6) is 1.49. The van der Waals surface area contributed by atoms with E-state index >= 15 is 0 Å². The SMILES string of the molecule is CN(C)C(=O)CN=C(NCCc1ccco1)N(C)Cc1ccccc1Cl.I. The maximum absolute atomic E-state index is 11.9. The third-order valence-electron chi connectivity index (χ3n) is 3.82. The van der Waals surface area contributed by atoms with Crippen molar-refractivity contribution in [1.82, 2.24) is 15.1 Å². The molecule has 1 amide bonds. The Kier molecular flexibility index (Phi) is 10.2. The molecule has 0 aliphatic rings. The summed E-state index contributed by atoms with van der Waals surface area (Å²) in [5, 5.41) is 4.00. The van der Waals surface area contributed by atoms with Gasteiger partial charge in [0.25, 0.3) is 0 Å². The molecule has 1 heterocycles. The van der Waals surface area contributed by atoms with Gasteiger partial charge < -0.3 is 19.5 Å². The van der Waals surface area contributed by atoms with Gasteiger partial charge in [-0.2, -0.15) is 0 Å². The zero-order chi connectivity index (χ0) is 18.9. The zero-order valence-electron chi connectivity index (χ0n) is 15.8. The number of aliphatic imine (C=N–C) groups is 1. The lowest BCUT2D eigenvalue weighted by atomic mass is 10.2. The van der Waals surface area contributed by atoms with E-state index in [2.05, 4.69) is 10.3 Å². The van der Waals surface area contributed by atoms with E-state index in [4.69, 9.17) is 16.0 Å². The Hall–Kier alpha value is -1.74. The molecule has 0 saturated carbocycles. The maximum Gasteiger partial charge on any atom is 0.243 e. The van der Waals surface area contributed by atoms with Crippen molar-refractivity contribution < 1.29 is 9.21 Å². The van der Waals surface area contributed by atoms with Crippen LogP contribution in [-0.4, -0.2) is 55.9 Å². The van der Waals surface area contributed by atoms with Gasteiger partial charge in [0.1, 0.15) is 12.3 Å². The monoisotopic (exact) mass is 504 g/mol. The van der Waals surface area contributed by atoms with Crippen molar-refractivity contribution in [2.45, 2.75) is 13.0 Å². The maximum atomic E-state index is 11.9. The summed E-state index contributed by atoms with van der Waals surface area (Å²) < 4.78 is 5.35. The van der Waals surface area contributed by atoms with Crippen molar-refractivity contribution in [3.8, 4) is 0 Å². The highest BCUT2D eigenvalue weighted by Crippen LogP contribution is 2.16. The summed E-state index contributed by atoms with van der Waals surface area (Å²) in [4.78, 5) is 19.8. The van der Waals surface area contributed by atoms with Crippen LogP contribution in [0.15, 0.2) is 52.1 Å². The van der Waals surface area contributed by atoms with E-state index in [9.17, 15) is 4.79 Å². The van der Waals surface area contributed by atoms with E-state index in [1.54, 1.807) is 20.4 Å². The molecule has 0 bridgehead atoms. The molecule has 27 heavy (non-hydrogen) atoms. The van der Waals surface area contributed by atoms with Gasteiger partial charge >= 0.3 is 0 Å². The molecule has 1 N–H and O–H groups in total. The Morgan fingerprint density at radius 1 is 1.19 bits per heavy atom. The van der Waals surface area contributed by atoms with Crippen LogP contribution in [0, 0.1) is 0 Å². The molecule has 0 atom stereocenters. The molecule has 6 nitrogen and oxygen atoms in total. The number of guanidine groups is 1. The highest BCUT2D eigenvalue weighted by Gasteiger charge is 2.11. The molecule has 0 spiro atoms. The predicted octanol–water partition coefficient (Wildman–Crippen LogP) is 3.26. The first-order valence-corrected chi connectivity index (χ1v) is 8.80. The molecule has 2 aromatic rings. The number of likely N-dealkylation sites (N-methyl/N-ethyl adjacent to an activating group) is 1. The summed E-state index contributed by atoms with van der Waals surface area (Å²) in [5.41, 5.74) is 0.996. The molecule has 1 aromatic carbocycles. The van der Waals surface area contributed by atoms with E-state index in [-0.39, 0.29) is 36.4 Å². The summed E-state index contributed by atoms with van der Waals surface area (Å²) >= 11 is 6.25. The van der Waals surface area contributed by atoms with Crippen molar-refractivity contribution in [3.05, 3.63) is 59.0 Å². The van der Waals surface area contributed by atoms with Gasteiger partial charge in [0.05, 0.1) is 6.26 Å². The number of rotatable bonds is 7. The van der Waals surface area contributed by atoms with Crippen LogP contribution in [0.5, 0.6) is 0 Å². The first-order chi connectivity index (χ1) is 12.5. The minimum atomic E-state index is -0.0542. The number of benzene rings is 1. The number of nitrogens with zero attached hydrogens (tertiary/aromatic N) is 3. The molecule has 8 heteroatoms. The standard InChI is InChI=1S/C19H25ClN4O2.HI/c1-23(2)18(25)13-22-19(21-11-10-16-8-6-12-26-16)24(3)14-15-7-4-5-9-17(15)20;/h4-9,12H,10-11,13-14H2,1-3H3,(H,21,22);1H.